The Labute approximate surface area is 147 Å². The number of hydrogen-bond acceptors (Lipinski definition) is 2. The molecule has 6 unspecified atom stereocenters. The minimum Gasteiger partial charge on any atom is -0.393 e. The number of fused-ring (bicyclic) bond motifs is 4. The van der Waals surface area contributed by atoms with Crippen molar-refractivity contribution in [2.45, 2.75) is 96.2 Å². The molecule has 0 saturated heterocycles. The standard InChI is InChI=1S/C22H36O2/c1-21-11-8-15(23)13-14(21)4-5-16-17(21)9-12-22-10-2-3-20(24)19(22)7-6-18(16)22/h14-20,23-24H,2-13H2,1H3/t14-,15-,16?,17?,18?,19?,20?,21+,22?/m1/s1. The molecule has 1 spiro atoms. The SMILES string of the molecule is C[C@]12CC[C@@H](O)C[C@H]1CCC1C3CCC4C(O)CCCC43CCC12. The summed E-state index contributed by atoms with van der Waals surface area (Å²) >= 11 is 0. The number of hydrogen-bond donors (Lipinski definition) is 2. The van der Waals surface area contributed by atoms with E-state index >= 15 is 0 Å². The van der Waals surface area contributed by atoms with Crippen LogP contribution < -0.4 is 0 Å². The highest BCUT2D eigenvalue weighted by molar-refractivity contribution is 5.12. The van der Waals surface area contributed by atoms with Crippen LogP contribution in [0.3, 0.4) is 0 Å². The van der Waals surface area contributed by atoms with E-state index in [1.54, 1.807) is 0 Å². The monoisotopic (exact) mass is 332 g/mol. The van der Waals surface area contributed by atoms with Crippen LogP contribution >= 0.6 is 0 Å². The molecule has 5 saturated carbocycles. The van der Waals surface area contributed by atoms with E-state index in [1.165, 1.54) is 57.8 Å². The maximum Gasteiger partial charge on any atom is 0.0573 e. The summed E-state index contributed by atoms with van der Waals surface area (Å²) in [6, 6.07) is 0. The molecule has 24 heavy (non-hydrogen) atoms. The van der Waals surface area contributed by atoms with Crippen LogP contribution in [0.15, 0.2) is 0 Å². The summed E-state index contributed by atoms with van der Waals surface area (Å²) in [6.45, 7) is 2.58. The van der Waals surface area contributed by atoms with Crippen LogP contribution in [0.2, 0.25) is 0 Å². The molecule has 5 aliphatic carbocycles. The molecule has 0 amide bonds. The van der Waals surface area contributed by atoms with E-state index in [9.17, 15) is 10.2 Å². The minimum absolute atomic E-state index is 0.00273. The Morgan fingerprint density at radius 2 is 1.58 bits per heavy atom. The molecule has 0 aromatic carbocycles. The Kier molecular flexibility index (Phi) is 3.67. The lowest BCUT2D eigenvalue weighted by Crippen LogP contribution is -2.55. The van der Waals surface area contributed by atoms with Crippen molar-refractivity contribution in [2.75, 3.05) is 0 Å². The summed E-state index contributed by atoms with van der Waals surface area (Å²) in [4.78, 5) is 0. The number of rotatable bonds is 0. The predicted octanol–water partition coefficient (Wildman–Crippen LogP) is 4.53. The topological polar surface area (TPSA) is 40.5 Å². The third-order valence-corrected chi connectivity index (χ3v) is 10.0. The van der Waals surface area contributed by atoms with Gasteiger partial charge in [0.15, 0.2) is 0 Å². The van der Waals surface area contributed by atoms with Crippen molar-refractivity contribution in [3.05, 3.63) is 0 Å². The van der Waals surface area contributed by atoms with Gasteiger partial charge in [-0.1, -0.05) is 13.3 Å². The molecule has 2 heteroatoms. The van der Waals surface area contributed by atoms with Gasteiger partial charge in [-0.15, -0.1) is 0 Å². The normalized spacial score (nSPS) is 59.9. The van der Waals surface area contributed by atoms with Crippen molar-refractivity contribution in [1.29, 1.82) is 0 Å². The van der Waals surface area contributed by atoms with Crippen molar-refractivity contribution in [3.8, 4) is 0 Å². The van der Waals surface area contributed by atoms with Gasteiger partial charge in [-0.3, -0.25) is 0 Å². The van der Waals surface area contributed by atoms with E-state index < -0.39 is 0 Å². The smallest absolute Gasteiger partial charge is 0.0573 e. The molecule has 2 nitrogen and oxygen atoms in total. The average molecular weight is 333 g/mol. The second-order valence-corrected chi connectivity index (χ2v) is 10.5. The molecule has 9 atom stereocenters. The quantitative estimate of drug-likeness (QED) is 0.684. The molecule has 2 N–H and O–H groups in total. The number of aliphatic hydroxyl groups is 2. The van der Waals surface area contributed by atoms with Crippen LogP contribution in [-0.2, 0) is 0 Å². The van der Waals surface area contributed by atoms with Crippen LogP contribution in [0.4, 0.5) is 0 Å². The van der Waals surface area contributed by atoms with Gasteiger partial charge < -0.3 is 10.2 Å². The maximum atomic E-state index is 10.6. The fraction of sp³-hybridized carbons (Fsp3) is 1.00. The van der Waals surface area contributed by atoms with Crippen molar-refractivity contribution >= 4 is 0 Å². The van der Waals surface area contributed by atoms with E-state index in [0.29, 0.717) is 16.7 Å². The molecule has 5 aliphatic rings. The van der Waals surface area contributed by atoms with Crippen LogP contribution in [0.5, 0.6) is 0 Å². The van der Waals surface area contributed by atoms with Gasteiger partial charge in [0.25, 0.3) is 0 Å². The minimum atomic E-state index is -0.0288. The molecule has 0 aromatic rings. The summed E-state index contributed by atoms with van der Waals surface area (Å²) in [5.41, 5.74) is 1.01. The zero-order valence-corrected chi connectivity index (χ0v) is 15.4. The molecule has 5 fully saturated rings. The third-order valence-electron chi connectivity index (χ3n) is 10.0. The van der Waals surface area contributed by atoms with Crippen LogP contribution in [0.1, 0.15) is 84.0 Å². The fourth-order valence-corrected chi connectivity index (χ4v) is 9.00. The molecule has 0 heterocycles. The lowest BCUT2D eigenvalue weighted by atomic mass is 9.43. The average Bonchev–Trinajstić information content (AvgIpc) is 2.96. The molecule has 0 aromatic heterocycles. The Bertz CT molecular complexity index is 504. The lowest BCUT2D eigenvalue weighted by Gasteiger charge is -2.62. The fourth-order valence-electron chi connectivity index (χ4n) is 9.00. The van der Waals surface area contributed by atoms with Gasteiger partial charge in [0.05, 0.1) is 12.2 Å². The summed E-state index contributed by atoms with van der Waals surface area (Å²) in [5, 5.41) is 20.8. The van der Waals surface area contributed by atoms with E-state index in [1.807, 2.05) is 0 Å². The first kappa shape index (κ1) is 16.1. The van der Waals surface area contributed by atoms with E-state index in [2.05, 4.69) is 6.92 Å². The molecule has 136 valence electrons. The summed E-state index contributed by atoms with van der Waals surface area (Å²) in [5.74, 6) is 4.12. The zero-order valence-electron chi connectivity index (χ0n) is 15.4. The van der Waals surface area contributed by atoms with Crippen molar-refractivity contribution in [1.82, 2.24) is 0 Å². The lowest BCUT2D eigenvalue weighted by molar-refractivity contribution is -0.147. The summed E-state index contributed by atoms with van der Waals surface area (Å²) < 4.78 is 0. The first-order valence-electron chi connectivity index (χ1n) is 10.9. The van der Waals surface area contributed by atoms with Crippen LogP contribution in [0.25, 0.3) is 0 Å². The van der Waals surface area contributed by atoms with Gasteiger partial charge in [-0.05, 0) is 111 Å². The highest BCUT2D eigenvalue weighted by atomic mass is 16.3. The van der Waals surface area contributed by atoms with Crippen LogP contribution in [-0.4, -0.2) is 22.4 Å². The van der Waals surface area contributed by atoms with Gasteiger partial charge >= 0.3 is 0 Å². The van der Waals surface area contributed by atoms with E-state index in [0.717, 1.165) is 42.9 Å². The molecular formula is C22H36O2. The first-order chi connectivity index (χ1) is 11.5. The summed E-state index contributed by atoms with van der Waals surface area (Å²) in [6.07, 6.45) is 15.3. The van der Waals surface area contributed by atoms with Gasteiger partial charge in [0.1, 0.15) is 0 Å². The van der Waals surface area contributed by atoms with Crippen LogP contribution in [0, 0.1) is 40.4 Å². The van der Waals surface area contributed by atoms with Gasteiger partial charge in [-0.25, -0.2) is 0 Å². The van der Waals surface area contributed by atoms with Gasteiger partial charge in [-0.2, -0.15) is 0 Å². The molecular weight excluding hydrogens is 296 g/mol. The van der Waals surface area contributed by atoms with E-state index in [-0.39, 0.29) is 12.2 Å². The van der Waals surface area contributed by atoms with Crippen molar-refractivity contribution in [2.24, 2.45) is 40.4 Å². The molecule has 5 rings (SSSR count). The highest BCUT2D eigenvalue weighted by Gasteiger charge is 2.62. The highest BCUT2D eigenvalue weighted by Crippen LogP contribution is 2.70. The largest absolute Gasteiger partial charge is 0.393 e. The third kappa shape index (κ3) is 2.02. The Morgan fingerprint density at radius 3 is 2.46 bits per heavy atom. The Hall–Kier alpha value is -0.0800. The second kappa shape index (κ2) is 5.46. The zero-order chi connectivity index (χ0) is 16.5. The van der Waals surface area contributed by atoms with Gasteiger partial charge in [0.2, 0.25) is 0 Å². The maximum absolute atomic E-state index is 10.6. The molecule has 0 aliphatic heterocycles. The predicted molar refractivity (Wildman–Crippen MR) is 95.4 cm³/mol. The second-order valence-electron chi connectivity index (χ2n) is 10.5. The Morgan fingerprint density at radius 1 is 0.750 bits per heavy atom. The number of aliphatic hydroxyl groups excluding tert-OH is 2. The first-order valence-corrected chi connectivity index (χ1v) is 10.9. The van der Waals surface area contributed by atoms with E-state index in [4.69, 9.17) is 0 Å². The van der Waals surface area contributed by atoms with Gasteiger partial charge in [0, 0.05) is 0 Å². The molecule has 0 radical (unpaired) electrons. The summed E-state index contributed by atoms with van der Waals surface area (Å²) in [7, 11) is 0. The molecule has 0 bridgehead atoms. The van der Waals surface area contributed by atoms with Crippen molar-refractivity contribution < 1.29 is 10.2 Å². The van der Waals surface area contributed by atoms with Crippen molar-refractivity contribution in [3.63, 3.8) is 0 Å². The Balaban J connectivity index is 1.45.